The van der Waals surface area contributed by atoms with Crippen molar-refractivity contribution >= 4 is 28.0 Å². The lowest BCUT2D eigenvalue weighted by atomic mass is 9.91. The average Bonchev–Trinajstić information content (AvgIpc) is 3.05. The van der Waals surface area contributed by atoms with Crippen LogP contribution in [0.3, 0.4) is 0 Å². The van der Waals surface area contributed by atoms with Gasteiger partial charge in [0.05, 0.1) is 5.52 Å². The Labute approximate surface area is 179 Å². The lowest BCUT2D eigenvalue weighted by Gasteiger charge is -2.34. The van der Waals surface area contributed by atoms with Crippen LogP contribution in [0.25, 0.3) is 10.9 Å². The summed E-state index contributed by atoms with van der Waals surface area (Å²) in [6.45, 7) is 4.44. The first kappa shape index (κ1) is 19.5. The molecule has 0 bridgehead atoms. The van der Waals surface area contributed by atoms with Crippen LogP contribution in [0, 0.1) is 0 Å². The Balaban J connectivity index is 1.40. The van der Waals surface area contributed by atoms with Crippen molar-refractivity contribution in [3.8, 4) is 0 Å². The summed E-state index contributed by atoms with van der Waals surface area (Å²) < 4.78 is 2.41. The molecule has 30 heavy (non-hydrogen) atoms. The van der Waals surface area contributed by atoms with E-state index < -0.39 is 0 Å². The van der Waals surface area contributed by atoms with Crippen LogP contribution in [-0.2, 0) is 19.9 Å². The molecular formula is C25H33N5. The highest BCUT2D eigenvalue weighted by molar-refractivity contribution is 5.89. The van der Waals surface area contributed by atoms with E-state index >= 15 is 0 Å². The third kappa shape index (κ3) is 3.57. The molecule has 0 amide bonds. The van der Waals surface area contributed by atoms with E-state index in [1.54, 1.807) is 0 Å². The molecule has 2 aromatic carbocycles. The second kappa shape index (κ2) is 7.97. The molecule has 0 radical (unpaired) electrons. The minimum absolute atomic E-state index is 0.596. The number of hydrogen-bond acceptors (Lipinski definition) is 4. The van der Waals surface area contributed by atoms with Gasteiger partial charge in [-0.25, -0.2) is 0 Å². The van der Waals surface area contributed by atoms with Gasteiger partial charge in [-0.05, 0) is 69.3 Å². The Morgan fingerprint density at radius 2 is 1.73 bits per heavy atom. The Hall–Kier alpha value is -2.50. The Kier molecular flexibility index (Phi) is 5.17. The van der Waals surface area contributed by atoms with Crippen molar-refractivity contribution in [1.82, 2.24) is 14.8 Å². The second-order valence-electron chi connectivity index (χ2n) is 8.91. The number of nitrogens with zero attached hydrogens (tertiary/aromatic N) is 3. The molecule has 1 saturated heterocycles. The molecule has 0 saturated carbocycles. The molecule has 1 unspecified atom stereocenters. The van der Waals surface area contributed by atoms with Gasteiger partial charge < -0.3 is 25.0 Å². The van der Waals surface area contributed by atoms with Gasteiger partial charge in [-0.1, -0.05) is 12.1 Å². The molecule has 5 rings (SSSR count). The molecule has 5 nitrogen and oxygen atoms in total. The number of piperazine rings is 1. The summed E-state index contributed by atoms with van der Waals surface area (Å²) in [6, 6.07) is 16.3. The van der Waals surface area contributed by atoms with Gasteiger partial charge in [0.2, 0.25) is 0 Å². The third-order valence-electron chi connectivity index (χ3n) is 7.03. The van der Waals surface area contributed by atoms with E-state index in [1.807, 2.05) is 0 Å². The fraction of sp³-hybridized carbons (Fsp3) is 0.440. The highest BCUT2D eigenvalue weighted by atomic mass is 15.2. The molecule has 2 heterocycles. The number of anilines is 3. The predicted octanol–water partition coefficient (Wildman–Crippen LogP) is 3.75. The number of benzene rings is 2. The van der Waals surface area contributed by atoms with E-state index in [4.69, 9.17) is 0 Å². The maximum atomic E-state index is 3.65. The molecule has 1 aliphatic carbocycles. The summed E-state index contributed by atoms with van der Waals surface area (Å²) in [6.07, 6.45) is 3.50. The number of likely N-dealkylation sites (N-methyl/N-ethyl adjacent to an activating group) is 2. The highest BCUT2D eigenvalue weighted by Crippen LogP contribution is 2.34. The maximum Gasteiger partial charge on any atom is 0.0503 e. The molecule has 5 heteroatoms. The van der Waals surface area contributed by atoms with Gasteiger partial charge in [0, 0.05) is 67.4 Å². The van der Waals surface area contributed by atoms with Crippen molar-refractivity contribution in [3.63, 3.8) is 0 Å². The summed E-state index contributed by atoms with van der Waals surface area (Å²) in [5.74, 6) is 0. The SMILES string of the molecule is CNC1CCc2c(c3ccc(Nc4cccc(N5CCN(C)CC5)c4)cc3n2C)C1. The predicted molar refractivity (Wildman–Crippen MR) is 127 cm³/mol. The van der Waals surface area contributed by atoms with E-state index in [1.165, 1.54) is 34.3 Å². The molecule has 0 spiro atoms. The lowest BCUT2D eigenvalue weighted by Crippen LogP contribution is -2.44. The summed E-state index contributed by atoms with van der Waals surface area (Å²) in [4.78, 5) is 4.88. The molecule has 1 aliphatic heterocycles. The Morgan fingerprint density at radius 1 is 0.933 bits per heavy atom. The summed E-state index contributed by atoms with van der Waals surface area (Å²) in [5, 5.41) is 8.53. The zero-order valence-electron chi connectivity index (χ0n) is 18.4. The first-order chi connectivity index (χ1) is 14.6. The van der Waals surface area contributed by atoms with Crippen LogP contribution in [0.2, 0.25) is 0 Å². The summed E-state index contributed by atoms with van der Waals surface area (Å²) >= 11 is 0. The van der Waals surface area contributed by atoms with Gasteiger partial charge in [-0.3, -0.25) is 0 Å². The van der Waals surface area contributed by atoms with E-state index in [-0.39, 0.29) is 0 Å². The van der Waals surface area contributed by atoms with Crippen LogP contribution in [0.15, 0.2) is 42.5 Å². The first-order valence-corrected chi connectivity index (χ1v) is 11.2. The molecule has 1 aromatic heterocycles. The van der Waals surface area contributed by atoms with E-state index in [9.17, 15) is 0 Å². The fourth-order valence-corrected chi connectivity index (χ4v) is 5.11. The zero-order valence-corrected chi connectivity index (χ0v) is 18.4. The average molecular weight is 404 g/mol. The zero-order chi connectivity index (χ0) is 20.7. The topological polar surface area (TPSA) is 35.5 Å². The molecule has 158 valence electrons. The molecule has 1 fully saturated rings. The normalized spacial score (nSPS) is 19.8. The highest BCUT2D eigenvalue weighted by Gasteiger charge is 2.23. The van der Waals surface area contributed by atoms with Crippen molar-refractivity contribution in [2.24, 2.45) is 7.05 Å². The van der Waals surface area contributed by atoms with Crippen LogP contribution in [0.1, 0.15) is 17.7 Å². The van der Waals surface area contributed by atoms with Crippen molar-refractivity contribution in [2.75, 3.05) is 50.5 Å². The molecule has 1 atom stereocenters. The number of rotatable bonds is 4. The number of aromatic nitrogens is 1. The first-order valence-electron chi connectivity index (χ1n) is 11.2. The van der Waals surface area contributed by atoms with Crippen molar-refractivity contribution in [3.05, 3.63) is 53.7 Å². The molecule has 3 aromatic rings. The van der Waals surface area contributed by atoms with Crippen LogP contribution >= 0.6 is 0 Å². The third-order valence-corrected chi connectivity index (χ3v) is 7.03. The van der Waals surface area contributed by atoms with Gasteiger partial charge >= 0.3 is 0 Å². The van der Waals surface area contributed by atoms with Crippen molar-refractivity contribution < 1.29 is 0 Å². The van der Waals surface area contributed by atoms with Crippen LogP contribution in [0.5, 0.6) is 0 Å². The standard InChI is InChI=1S/C25H33N5/c1-26-18-8-10-24-23(16-18)22-9-7-20(17-25(22)29(24)3)27-19-5-4-6-21(15-19)30-13-11-28(2)12-14-30/h4-7,9,15,17-18,26-27H,8,10-14,16H2,1-3H3. The quantitative estimate of drug-likeness (QED) is 0.696. The number of aryl methyl sites for hydroxylation is 1. The van der Waals surface area contributed by atoms with Gasteiger partial charge in [0.1, 0.15) is 0 Å². The second-order valence-corrected chi connectivity index (χ2v) is 8.91. The van der Waals surface area contributed by atoms with E-state index in [2.05, 4.69) is 88.6 Å². The minimum Gasteiger partial charge on any atom is -0.369 e. The number of fused-ring (bicyclic) bond motifs is 3. The monoisotopic (exact) mass is 403 g/mol. The largest absolute Gasteiger partial charge is 0.369 e. The van der Waals surface area contributed by atoms with Gasteiger partial charge in [0.15, 0.2) is 0 Å². The van der Waals surface area contributed by atoms with Crippen LogP contribution in [0.4, 0.5) is 17.1 Å². The van der Waals surface area contributed by atoms with Crippen LogP contribution in [-0.4, -0.2) is 55.8 Å². The summed E-state index contributed by atoms with van der Waals surface area (Å²) in [5.41, 5.74) is 7.98. The van der Waals surface area contributed by atoms with Crippen molar-refractivity contribution in [2.45, 2.75) is 25.3 Å². The van der Waals surface area contributed by atoms with Gasteiger partial charge in [-0.2, -0.15) is 0 Å². The number of nitrogens with one attached hydrogen (secondary N) is 2. The van der Waals surface area contributed by atoms with Crippen molar-refractivity contribution in [1.29, 1.82) is 0 Å². The Bertz CT molecular complexity index is 1050. The fourth-order valence-electron chi connectivity index (χ4n) is 5.11. The number of hydrogen-bond donors (Lipinski definition) is 2. The Morgan fingerprint density at radius 3 is 2.53 bits per heavy atom. The van der Waals surface area contributed by atoms with E-state index in [0.29, 0.717) is 6.04 Å². The van der Waals surface area contributed by atoms with E-state index in [0.717, 1.165) is 50.4 Å². The minimum atomic E-state index is 0.596. The van der Waals surface area contributed by atoms with Gasteiger partial charge in [0.25, 0.3) is 0 Å². The van der Waals surface area contributed by atoms with Crippen LogP contribution < -0.4 is 15.5 Å². The van der Waals surface area contributed by atoms with Gasteiger partial charge in [-0.15, -0.1) is 0 Å². The lowest BCUT2D eigenvalue weighted by molar-refractivity contribution is 0.313. The molecule has 2 N–H and O–H groups in total. The summed E-state index contributed by atoms with van der Waals surface area (Å²) in [7, 11) is 6.50. The molecular weight excluding hydrogens is 370 g/mol. The smallest absolute Gasteiger partial charge is 0.0503 e. The molecule has 2 aliphatic rings. The maximum absolute atomic E-state index is 3.65.